The van der Waals surface area contributed by atoms with Gasteiger partial charge in [0.25, 0.3) is 0 Å². The van der Waals surface area contributed by atoms with E-state index in [1.165, 1.54) is 12.8 Å². The van der Waals surface area contributed by atoms with Crippen LogP contribution < -0.4 is 5.32 Å². The molecule has 0 unspecified atom stereocenters. The van der Waals surface area contributed by atoms with Gasteiger partial charge >= 0.3 is 0 Å². The molecule has 1 fully saturated rings. The minimum absolute atomic E-state index is 0.247. The van der Waals surface area contributed by atoms with Crippen LogP contribution in [0.4, 0.5) is 0 Å². The molecule has 1 aliphatic rings. The van der Waals surface area contributed by atoms with E-state index in [0.717, 1.165) is 5.92 Å². The third-order valence-corrected chi connectivity index (χ3v) is 2.15. The molecule has 1 rings (SSSR count). The second kappa shape index (κ2) is 3.35. The van der Waals surface area contributed by atoms with E-state index in [2.05, 4.69) is 12.2 Å². The largest absolute Gasteiger partial charge is 0.395 e. The molecule has 1 aliphatic carbocycles. The van der Waals surface area contributed by atoms with E-state index in [4.69, 9.17) is 5.11 Å². The van der Waals surface area contributed by atoms with E-state index in [1.807, 2.05) is 6.92 Å². The number of aliphatic hydroxyl groups is 1. The first-order valence-corrected chi connectivity index (χ1v) is 4.11. The number of aliphatic hydroxyl groups excluding tert-OH is 1. The minimum atomic E-state index is 0.247. The van der Waals surface area contributed by atoms with Crippen LogP contribution in [0.3, 0.4) is 0 Å². The molecule has 0 bridgehead atoms. The molecule has 0 aromatic heterocycles. The lowest BCUT2D eigenvalue weighted by molar-refractivity contribution is 0.239. The lowest BCUT2D eigenvalue weighted by Gasteiger charge is -2.17. The Kier molecular flexibility index (Phi) is 2.69. The predicted octanol–water partition coefficient (Wildman–Crippen LogP) is 0.755. The van der Waals surface area contributed by atoms with Crippen LogP contribution in [-0.4, -0.2) is 23.8 Å². The first-order chi connectivity index (χ1) is 4.74. The second-order valence-corrected chi connectivity index (χ2v) is 3.38. The Bertz CT molecular complexity index is 101. The standard InChI is InChI=1S/C8H17NO/c1-6(5-10)9-7(2)8-3-4-8/h6-10H,3-5H2,1-2H3/t6-,7-/m1/s1. The van der Waals surface area contributed by atoms with Crippen molar-refractivity contribution in [3.63, 3.8) is 0 Å². The second-order valence-electron chi connectivity index (χ2n) is 3.38. The smallest absolute Gasteiger partial charge is 0.0582 e. The lowest BCUT2D eigenvalue weighted by atomic mass is 10.2. The number of nitrogens with one attached hydrogen (secondary N) is 1. The van der Waals surface area contributed by atoms with Crippen LogP contribution in [0.1, 0.15) is 26.7 Å². The Morgan fingerprint density at radius 2 is 2.10 bits per heavy atom. The van der Waals surface area contributed by atoms with E-state index >= 15 is 0 Å². The molecule has 0 aliphatic heterocycles. The Labute approximate surface area is 62.6 Å². The molecule has 0 amide bonds. The molecule has 2 nitrogen and oxygen atoms in total. The molecule has 0 heterocycles. The number of hydrogen-bond donors (Lipinski definition) is 2. The molecule has 2 heteroatoms. The first-order valence-electron chi connectivity index (χ1n) is 4.11. The van der Waals surface area contributed by atoms with Crippen molar-refractivity contribution in [2.24, 2.45) is 5.92 Å². The van der Waals surface area contributed by atoms with Crippen molar-refractivity contribution < 1.29 is 5.11 Å². The van der Waals surface area contributed by atoms with Crippen LogP contribution in [0.2, 0.25) is 0 Å². The third kappa shape index (κ3) is 2.27. The molecule has 0 aromatic carbocycles. The Morgan fingerprint density at radius 3 is 2.50 bits per heavy atom. The summed E-state index contributed by atoms with van der Waals surface area (Å²) in [5.74, 6) is 0.883. The molecule has 2 atom stereocenters. The topological polar surface area (TPSA) is 32.3 Å². The van der Waals surface area contributed by atoms with E-state index in [0.29, 0.717) is 6.04 Å². The van der Waals surface area contributed by atoms with Crippen LogP contribution in [-0.2, 0) is 0 Å². The van der Waals surface area contributed by atoms with Gasteiger partial charge in [0.2, 0.25) is 0 Å². The molecule has 0 aromatic rings. The highest BCUT2D eigenvalue weighted by Crippen LogP contribution is 2.32. The Balaban J connectivity index is 2.10. The minimum Gasteiger partial charge on any atom is -0.395 e. The van der Waals surface area contributed by atoms with Crippen LogP contribution in [0, 0.1) is 5.92 Å². The average molecular weight is 143 g/mol. The van der Waals surface area contributed by atoms with Crippen LogP contribution in [0.25, 0.3) is 0 Å². The molecule has 10 heavy (non-hydrogen) atoms. The van der Waals surface area contributed by atoms with E-state index < -0.39 is 0 Å². The first kappa shape index (κ1) is 8.02. The van der Waals surface area contributed by atoms with Gasteiger partial charge in [-0.15, -0.1) is 0 Å². The fraction of sp³-hybridized carbons (Fsp3) is 1.00. The van der Waals surface area contributed by atoms with Crippen molar-refractivity contribution in [2.75, 3.05) is 6.61 Å². The number of rotatable bonds is 4. The summed E-state index contributed by atoms with van der Waals surface area (Å²) in [6, 6.07) is 0.859. The zero-order valence-corrected chi connectivity index (χ0v) is 6.80. The normalized spacial score (nSPS) is 24.3. The quantitative estimate of drug-likeness (QED) is 0.609. The van der Waals surface area contributed by atoms with Crippen LogP contribution >= 0.6 is 0 Å². The summed E-state index contributed by atoms with van der Waals surface area (Å²) in [5, 5.41) is 12.1. The lowest BCUT2D eigenvalue weighted by Crippen LogP contribution is -2.37. The summed E-state index contributed by atoms with van der Waals surface area (Å²) in [6.07, 6.45) is 2.73. The zero-order valence-electron chi connectivity index (χ0n) is 6.80. The molecule has 2 N–H and O–H groups in total. The highest BCUT2D eigenvalue weighted by Gasteiger charge is 2.28. The molecule has 0 spiro atoms. The van der Waals surface area contributed by atoms with Gasteiger partial charge in [-0.2, -0.15) is 0 Å². The Hall–Kier alpha value is -0.0800. The fourth-order valence-electron chi connectivity index (χ4n) is 1.23. The summed E-state index contributed by atoms with van der Waals surface area (Å²) < 4.78 is 0. The van der Waals surface area contributed by atoms with Crippen molar-refractivity contribution in [3.8, 4) is 0 Å². The summed E-state index contributed by atoms with van der Waals surface area (Å²) in [6.45, 7) is 4.46. The SMILES string of the molecule is C[C@H](CO)N[C@H](C)C1CC1. The van der Waals surface area contributed by atoms with Crippen molar-refractivity contribution in [3.05, 3.63) is 0 Å². The molecular formula is C8H17NO. The maximum Gasteiger partial charge on any atom is 0.0582 e. The fourth-order valence-corrected chi connectivity index (χ4v) is 1.23. The highest BCUT2D eigenvalue weighted by molar-refractivity contribution is 4.84. The summed E-state index contributed by atoms with van der Waals surface area (Å²) >= 11 is 0. The zero-order chi connectivity index (χ0) is 7.56. The van der Waals surface area contributed by atoms with Gasteiger partial charge in [0.1, 0.15) is 0 Å². The van der Waals surface area contributed by atoms with Crippen molar-refractivity contribution >= 4 is 0 Å². The van der Waals surface area contributed by atoms with Gasteiger partial charge in [-0.25, -0.2) is 0 Å². The van der Waals surface area contributed by atoms with Gasteiger partial charge in [-0.05, 0) is 32.6 Å². The summed E-state index contributed by atoms with van der Waals surface area (Å²) in [5.41, 5.74) is 0. The summed E-state index contributed by atoms with van der Waals surface area (Å²) in [7, 11) is 0. The Morgan fingerprint density at radius 1 is 1.50 bits per heavy atom. The average Bonchev–Trinajstić information content (AvgIpc) is 2.68. The van der Waals surface area contributed by atoms with E-state index in [-0.39, 0.29) is 12.6 Å². The van der Waals surface area contributed by atoms with Crippen LogP contribution in [0.5, 0.6) is 0 Å². The predicted molar refractivity (Wildman–Crippen MR) is 41.9 cm³/mol. The summed E-state index contributed by atoms with van der Waals surface area (Å²) in [4.78, 5) is 0. The molecule has 60 valence electrons. The molecule has 0 radical (unpaired) electrons. The third-order valence-electron chi connectivity index (χ3n) is 2.15. The van der Waals surface area contributed by atoms with E-state index in [1.54, 1.807) is 0 Å². The van der Waals surface area contributed by atoms with Gasteiger partial charge in [-0.1, -0.05) is 0 Å². The maximum atomic E-state index is 8.72. The van der Waals surface area contributed by atoms with Gasteiger partial charge in [0.15, 0.2) is 0 Å². The van der Waals surface area contributed by atoms with Crippen molar-refractivity contribution in [1.29, 1.82) is 0 Å². The molecule has 0 saturated heterocycles. The van der Waals surface area contributed by atoms with Gasteiger partial charge in [0, 0.05) is 12.1 Å². The van der Waals surface area contributed by atoms with E-state index in [9.17, 15) is 0 Å². The molecule has 1 saturated carbocycles. The monoisotopic (exact) mass is 143 g/mol. The molecular weight excluding hydrogens is 126 g/mol. The number of hydrogen-bond acceptors (Lipinski definition) is 2. The van der Waals surface area contributed by atoms with Crippen molar-refractivity contribution in [2.45, 2.75) is 38.8 Å². The van der Waals surface area contributed by atoms with Gasteiger partial charge in [-0.3, -0.25) is 0 Å². The van der Waals surface area contributed by atoms with Crippen LogP contribution in [0.15, 0.2) is 0 Å². The van der Waals surface area contributed by atoms with Crippen molar-refractivity contribution in [1.82, 2.24) is 5.32 Å². The maximum absolute atomic E-state index is 8.72. The van der Waals surface area contributed by atoms with Gasteiger partial charge < -0.3 is 10.4 Å². The highest BCUT2D eigenvalue weighted by atomic mass is 16.3. The van der Waals surface area contributed by atoms with Gasteiger partial charge in [0.05, 0.1) is 6.61 Å².